The SMILES string of the molecule is C[Si](C)(C)CC1(CBr)CC=CC1. The van der Waals surface area contributed by atoms with E-state index in [1.54, 1.807) is 0 Å². The Morgan fingerprint density at radius 1 is 1.25 bits per heavy atom. The predicted octanol–water partition coefficient (Wildman–Crippen LogP) is 4.06. The Kier molecular flexibility index (Phi) is 3.21. The number of halogens is 1. The maximum Gasteiger partial charge on any atom is 0.0448 e. The van der Waals surface area contributed by atoms with Crippen molar-refractivity contribution in [2.24, 2.45) is 5.41 Å². The standard InChI is InChI=1S/C10H19BrSi/c1-12(2,3)9-10(8-11)6-4-5-7-10/h4-5H,6-9H2,1-3H3. The largest absolute Gasteiger partial charge is 0.0922 e. The van der Waals surface area contributed by atoms with E-state index in [1.807, 2.05) is 0 Å². The zero-order valence-corrected chi connectivity index (χ0v) is 10.9. The van der Waals surface area contributed by atoms with Crippen LogP contribution in [-0.2, 0) is 0 Å². The zero-order valence-electron chi connectivity index (χ0n) is 8.36. The van der Waals surface area contributed by atoms with Crippen molar-refractivity contribution in [3.05, 3.63) is 12.2 Å². The first-order chi connectivity index (χ1) is 5.47. The van der Waals surface area contributed by atoms with Crippen molar-refractivity contribution < 1.29 is 0 Å². The second-order valence-corrected chi connectivity index (χ2v) is 11.3. The Hall–Kier alpha value is 0.437. The lowest BCUT2D eigenvalue weighted by molar-refractivity contribution is 0.406. The summed E-state index contributed by atoms with van der Waals surface area (Å²) < 4.78 is 0. The third-order valence-corrected chi connectivity index (χ3v) is 5.46. The highest BCUT2D eigenvalue weighted by molar-refractivity contribution is 9.09. The molecule has 0 N–H and O–H groups in total. The van der Waals surface area contributed by atoms with Gasteiger partial charge in [0.05, 0.1) is 0 Å². The molecule has 70 valence electrons. The maximum absolute atomic E-state index is 3.67. The fraction of sp³-hybridized carbons (Fsp3) is 0.800. The topological polar surface area (TPSA) is 0 Å². The lowest BCUT2D eigenvalue weighted by atomic mass is 9.90. The highest BCUT2D eigenvalue weighted by Crippen LogP contribution is 2.42. The van der Waals surface area contributed by atoms with Gasteiger partial charge in [-0.05, 0) is 18.3 Å². The normalized spacial score (nSPS) is 21.7. The van der Waals surface area contributed by atoms with Crippen LogP contribution in [0.2, 0.25) is 25.7 Å². The summed E-state index contributed by atoms with van der Waals surface area (Å²) in [4.78, 5) is 0. The molecule has 12 heavy (non-hydrogen) atoms. The third kappa shape index (κ3) is 2.73. The van der Waals surface area contributed by atoms with Gasteiger partial charge in [-0.1, -0.05) is 53.8 Å². The van der Waals surface area contributed by atoms with Crippen LogP contribution in [0.4, 0.5) is 0 Å². The first-order valence-electron chi connectivity index (χ1n) is 4.68. The van der Waals surface area contributed by atoms with Gasteiger partial charge in [0, 0.05) is 13.4 Å². The quantitative estimate of drug-likeness (QED) is 0.401. The molecule has 0 atom stereocenters. The Bertz CT molecular complexity index is 171. The summed E-state index contributed by atoms with van der Waals surface area (Å²) in [5.74, 6) is 0. The van der Waals surface area contributed by atoms with E-state index >= 15 is 0 Å². The maximum atomic E-state index is 3.67. The Morgan fingerprint density at radius 3 is 2.08 bits per heavy atom. The fourth-order valence-corrected chi connectivity index (χ4v) is 5.86. The fourth-order valence-electron chi connectivity index (χ4n) is 2.18. The number of rotatable bonds is 3. The molecule has 0 heterocycles. The molecule has 0 saturated carbocycles. The average molecular weight is 247 g/mol. The third-order valence-electron chi connectivity index (χ3n) is 2.46. The van der Waals surface area contributed by atoms with Crippen LogP contribution in [0.5, 0.6) is 0 Å². The second kappa shape index (κ2) is 3.67. The van der Waals surface area contributed by atoms with Crippen molar-refractivity contribution >= 4 is 24.0 Å². The smallest absolute Gasteiger partial charge is 0.0448 e. The van der Waals surface area contributed by atoms with E-state index in [2.05, 4.69) is 47.7 Å². The minimum atomic E-state index is -0.886. The predicted molar refractivity (Wildman–Crippen MR) is 62.8 cm³/mol. The number of allylic oxidation sites excluding steroid dienone is 2. The van der Waals surface area contributed by atoms with Crippen molar-refractivity contribution in [3.8, 4) is 0 Å². The van der Waals surface area contributed by atoms with Crippen molar-refractivity contribution in [1.29, 1.82) is 0 Å². The lowest BCUT2D eigenvalue weighted by Crippen LogP contribution is -2.32. The van der Waals surface area contributed by atoms with Crippen LogP contribution in [0.25, 0.3) is 0 Å². The van der Waals surface area contributed by atoms with Crippen molar-refractivity contribution in [2.45, 2.75) is 38.5 Å². The summed E-state index contributed by atoms with van der Waals surface area (Å²) in [6.07, 6.45) is 7.29. The molecular weight excluding hydrogens is 228 g/mol. The van der Waals surface area contributed by atoms with Gasteiger partial charge in [-0.3, -0.25) is 0 Å². The molecule has 0 aliphatic heterocycles. The van der Waals surface area contributed by atoms with Crippen LogP contribution in [-0.4, -0.2) is 13.4 Å². The summed E-state index contributed by atoms with van der Waals surface area (Å²) in [6, 6.07) is 1.46. The van der Waals surface area contributed by atoms with Gasteiger partial charge in [0.2, 0.25) is 0 Å². The molecular formula is C10H19BrSi. The molecule has 0 aromatic carbocycles. The van der Waals surface area contributed by atoms with Gasteiger partial charge in [-0.15, -0.1) is 0 Å². The van der Waals surface area contributed by atoms with E-state index in [-0.39, 0.29) is 0 Å². The molecule has 0 spiro atoms. The minimum absolute atomic E-state index is 0.588. The van der Waals surface area contributed by atoms with Crippen molar-refractivity contribution in [3.63, 3.8) is 0 Å². The van der Waals surface area contributed by atoms with E-state index in [0.717, 1.165) is 0 Å². The van der Waals surface area contributed by atoms with E-state index in [4.69, 9.17) is 0 Å². The molecule has 0 aromatic rings. The summed E-state index contributed by atoms with van der Waals surface area (Å²) >= 11 is 3.67. The summed E-state index contributed by atoms with van der Waals surface area (Å²) in [6.45, 7) is 7.40. The highest BCUT2D eigenvalue weighted by atomic mass is 79.9. The first kappa shape index (κ1) is 10.5. The molecule has 0 nitrogen and oxygen atoms in total. The summed E-state index contributed by atoms with van der Waals surface area (Å²) in [5.41, 5.74) is 0.588. The van der Waals surface area contributed by atoms with Crippen LogP contribution in [0, 0.1) is 5.41 Å². The Balaban J connectivity index is 2.57. The van der Waals surface area contributed by atoms with Crippen LogP contribution in [0.15, 0.2) is 12.2 Å². The van der Waals surface area contributed by atoms with Gasteiger partial charge >= 0.3 is 0 Å². The molecule has 1 aliphatic carbocycles. The van der Waals surface area contributed by atoms with Gasteiger partial charge in [0.25, 0.3) is 0 Å². The van der Waals surface area contributed by atoms with Crippen LogP contribution in [0.3, 0.4) is 0 Å². The molecule has 1 rings (SSSR count). The van der Waals surface area contributed by atoms with Gasteiger partial charge in [0.1, 0.15) is 0 Å². The lowest BCUT2D eigenvalue weighted by Gasteiger charge is -2.32. The van der Waals surface area contributed by atoms with Crippen LogP contribution in [0.1, 0.15) is 12.8 Å². The Morgan fingerprint density at radius 2 is 1.75 bits per heavy atom. The van der Waals surface area contributed by atoms with Gasteiger partial charge in [-0.25, -0.2) is 0 Å². The van der Waals surface area contributed by atoms with E-state index in [9.17, 15) is 0 Å². The van der Waals surface area contributed by atoms with Crippen LogP contribution < -0.4 is 0 Å². The van der Waals surface area contributed by atoms with E-state index in [1.165, 1.54) is 24.2 Å². The molecule has 0 bridgehead atoms. The van der Waals surface area contributed by atoms with Crippen LogP contribution >= 0.6 is 15.9 Å². The molecule has 0 aromatic heterocycles. The van der Waals surface area contributed by atoms with E-state index < -0.39 is 8.07 Å². The highest BCUT2D eigenvalue weighted by Gasteiger charge is 2.34. The minimum Gasteiger partial charge on any atom is -0.0922 e. The second-order valence-electron chi connectivity index (χ2n) is 5.25. The van der Waals surface area contributed by atoms with Gasteiger partial charge < -0.3 is 0 Å². The molecule has 0 fully saturated rings. The van der Waals surface area contributed by atoms with Gasteiger partial charge in [-0.2, -0.15) is 0 Å². The molecule has 0 unspecified atom stereocenters. The average Bonchev–Trinajstić information content (AvgIpc) is 2.34. The number of hydrogen-bond donors (Lipinski definition) is 0. The summed E-state index contributed by atoms with van der Waals surface area (Å²) in [5, 5.41) is 1.18. The number of alkyl halides is 1. The molecule has 1 aliphatic rings. The monoisotopic (exact) mass is 246 g/mol. The number of hydrogen-bond acceptors (Lipinski definition) is 0. The summed E-state index contributed by atoms with van der Waals surface area (Å²) in [7, 11) is -0.886. The Labute approximate surface area is 85.6 Å². The van der Waals surface area contributed by atoms with Gasteiger partial charge in [0.15, 0.2) is 0 Å². The van der Waals surface area contributed by atoms with E-state index in [0.29, 0.717) is 5.41 Å². The van der Waals surface area contributed by atoms with Crippen molar-refractivity contribution in [1.82, 2.24) is 0 Å². The first-order valence-corrected chi connectivity index (χ1v) is 9.51. The molecule has 0 radical (unpaired) electrons. The molecule has 0 amide bonds. The molecule has 0 saturated heterocycles. The zero-order chi connectivity index (χ0) is 9.24. The van der Waals surface area contributed by atoms with Crippen molar-refractivity contribution in [2.75, 3.05) is 5.33 Å². The molecule has 2 heteroatoms.